The van der Waals surface area contributed by atoms with Crippen molar-refractivity contribution in [2.75, 3.05) is 0 Å². The van der Waals surface area contributed by atoms with Gasteiger partial charge in [0, 0.05) is 11.9 Å². The molecular formula is C24H19FN2OS. The quantitative estimate of drug-likeness (QED) is 0.432. The van der Waals surface area contributed by atoms with Crippen LogP contribution in [0.2, 0.25) is 0 Å². The lowest BCUT2D eigenvalue weighted by Gasteiger charge is -2.17. The van der Waals surface area contributed by atoms with Crippen LogP contribution in [-0.4, -0.2) is 10.9 Å². The molecule has 0 saturated carbocycles. The number of hydrogen-bond acceptors (Lipinski definition) is 3. The second-order valence-corrected chi connectivity index (χ2v) is 7.72. The van der Waals surface area contributed by atoms with Crippen LogP contribution in [0.3, 0.4) is 0 Å². The molecule has 0 aliphatic heterocycles. The van der Waals surface area contributed by atoms with E-state index in [0.29, 0.717) is 6.54 Å². The molecule has 0 fully saturated rings. The molecule has 1 unspecified atom stereocenters. The Bertz CT molecular complexity index is 1120. The summed E-state index contributed by atoms with van der Waals surface area (Å²) in [7, 11) is 0. The molecule has 29 heavy (non-hydrogen) atoms. The Morgan fingerprint density at radius 2 is 1.62 bits per heavy atom. The van der Waals surface area contributed by atoms with Gasteiger partial charge in [0.05, 0.1) is 10.5 Å². The molecule has 1 N–H and O–H groups in total. The lowest BCUT2D eigenvalue weighted by molar-refractivity contribution is -0.120. The Hall–Kier alpha value is -3.18. The van der Waals surface area contributed by atoms with E-state index in [2.05, 4.69) is 5.32 Å². The second kappa shape index (κ2) is 8.88. The van der Waals surface area contributed by atoms with Gasteiger partial charge in [-0.3, -0.25) is 4.79 Å². The van der Waals surface area contributed by atoms with Crippen molar-refractivity contribution in [1.29, 1.82) is 0 Å². The van der Waals surface area contributed by atoms with Crippen molar-refractivity contribution < 1.29 is 9.18 Å². The first-order chi connectivity index (χ1) is 14.2. The fourth-order valence-corrected chi connectivity index (χ4v) is 4.04. The third kappa shape index (κ3) is 4.81. The summed E-state index contributed by atoms with van der Waals surface area (Å²) in [4.78, 5) is 17.7. The molecule has 1 amide bonds. The standard InChI is InChI=1S/C24H19FN2OS/c25-20-13-10-17(11-14-20)16-26-24(28)23(19-7-2-1-3-8-19)29-22-15-12-18-6-4-5-9-21(18)27-22/h1-15,23H,16H2,(H,26,28). The molecule has 0 bridgehead atoms. The fraction of sp³-hybridized carbons (Fsp3) is 0.0833. The van der Waals surface area contributed by atoms with Crippen LogP contribution in [0.25, 0.3) is 10.9 Å². The van der Waals surface area contributed by atoms with Gasteiger partial charge in [-0.25, -0.2) is 9.37 Å². The Morgan fingerprint density at radius 1 is 0.897 bits per heavy atom. The van der Waals surface area contributed by atoms with Gasteiger partial charge < -0.3 is 5.32 Å². The second-order valence-electron chi connectivity index (χ2n) is 6.60. The van der Waals surface area contributed by atoms with Gasteiger partial charge in [0.25, 0.3) is 0 Å². The van der Waals surface area contributed by atoms with E-state index >= 15 is 0 Å². The number of benzene rings is 3. The van der Waals surface area contributed by atoms with Crippen LogP contribution < -0.4 is 5.32 Å². The first-order valence-corrected chi connectivity index (χ1v) is 10.2. The van der Waals surface area contributed by atoms with Crippen LogP contribution in [0.5, 0.6) is 0 Å². The summed E-state index contributed by atoms with van der Waals surface area (Å²) in [6, 6.07) is 27.6. The normalized spacial score (nSPS) is 11.9. The van der Waals surface area contributed by atoms with Gasteiger partial charge in [-0.05, 0) is 35.4 Å². The smallest absolute Gasteiger partial charge is 0.238 e. The van der Waals surface area contributed by atoms with Gasteiger partial charge in [0.1, 0.15) is 11.1 Å². The lowest BCUT2D eigenvalue weighted by Crippen LogP contribution is -2.27. The number of aromatic nitrogens is 1. The van der Waals surface area contributed by atoms with Crippen molar-refractivity contribution in [3.63, 3.8) is 0 Å². The molecule has 144 valence electrons. The number of para-hydroxylation sites is 1. The maximum atomic E-state index is 13.1. The first kappa shape index (κ1) is 19.2. The van der Waals surface area contributed by atoms with Gasteiger partial charge in [-0.15, -0.1) is 0 Å². The average Bonchev–Trinajstić information content (AvgIpc) is 2.77. The molecule has 0 aliphatic rings. The topological polar surface area (TPSA) is 42.0 Å². The van der Waals surface area contributed by atoms with E-state index in [9.17, 15) is 9.18 Å². The number of carbonyl (C=O) groups is 1. The lowest BCUT2D eigenvalue weighted by atomic mass is 10.1. The maximum absolute atomic E-state index is 13.1. The summed E-state index contributed by atoms with van der Waals surface area (Å²) < 4.78 is 13.1. The molecule has 0 saturated heterocycles. The molecule has 1 heterocycles. The first-order valence-electron chi connectivity index (χ1n) is 9.28. The molecule has 0 radical (unpaired) electrons. The molecule has 0 aliphatic carbocycles. The highest BCUT2D eigenvalue weighted by molar-refractivity contribution is 8.00. The van der Waals surface area contributed by atoms with Crippen LogP contribution in [0, 0.1) is 5.82 Å². The minimum Gasteiger partial charge on any atom is -0.351 e. The van der Waals surface area contributed by atoms with E-state index in [1.54, 1.807) is 12.1 Å². The van der Waals surface area contributed by atoms with Crippen LogP contribution in [0.15, 0.2) is 96.0 Å². The number of nitrogens with zero attached hydrogens (tertiary/aromatic N) is 1. The monoisotopic (exact) mass is 402 g/mol. The summed E-state index contributed by atoms with van der Waals surface area (Å²) in [5.41, 5.74) is 2.65. The minimum atomic E-state index is -0.440. The molecule has 1 aromatic heterocycles. The van der Waals surface area contributed by atoms with E-state index in [4.69, 9.17) is 4.98 Å². The van der Waals surface area contributed by atoms with Crippen LogP contribution in [0.4, 0.5) is 4.39 Å². The van der Waals surface area contributed by atoms with Crippen molar-refractivity contribution in [1.82, 2.24) is 10.3 Å². The summed E-state index contributed by atoms with van der Waals surface area (Å²) in [5, 5.41) is 4.38. The Morgan fingerprint density at radius 3 is 2.41 bits per heavy atom. The average molecular weight is 402 g/mol. The molecule has 5 heteroatoms. The largest absolute Gasteiger partial charge is 0.351 e. The number of amides is 1. The molecule has 1 atom stereocenters. The van der Waals surface area contributed by atoms with Gasteiger partial charge in [-0.1, -0.05) is 78.5 Å². The highest BCUT2D eigenvalue weighted by Gasteiger charge is 2.22. The predicted molar refractivity (Wildman–Crippen MR) is 115 cm³/mol. The maximum Gasteiger partial charge on any atom is 0.238 e. The number of fused-ring (bicyclic) bond motifs is 1. The van der Waals surface area contributed by atoms with Crippen molar-refractivity contribution in [2.24, 2.45) is 0 Å². The molecule has 4 rings (SSSR count). The summed E-state index contributed by atoms with van der Waals surface area (Å²) in [6.07, 6.45) is 0. The summed E-state index contributed by atoms with van der Waals surface area (Å²) >= 11 is 1.42. The number of nitrogens with one attached hydrogen (secondary N) is 1. The van der Waals surface area contributed by atoms with E-state index in [0.717, 1.165) is 27.1 Å². The fourth-order valence-electron chi connectivity index (χ4n) is 3.02. The Kier molecular flexibility index (Phi) is 5.86. The molecular weight excluding hydrogens is 383 g/mol. The van der Waals surface area contributed by atoms with E-state index < -0.39 is 5.25 Å². The minimum absolute atomic E-state index is 0.111. The zero-order valence-corrected chi connectivity index (χ0v) is 16.4. The van der Waals surface area contributed by atoms with E-state index in [1.807, 2.05) is 66.7 Å². The highest BCUT2D eigenvalue weighted by atomic mass is 32.2. The van der Waals surface area contributed by atoms with Crippen LogP contribution >= 0.6 is 11.8 Å². The van der Waals surface area contributed by atoms with Crippen LogP contribution in [-0.2, 0) is 11.3 Å². The molecule has 3 nitrogen and oxygen atoms in total. The zero-order valence-electron chi connectivity index (χ0n) is 15.6. The van der Waals surface area contributed by atoms with E-state index in [1.165, 1.54) is 23.9 Å². The zero-order chi connectivity index (χ0) is 20.1. The van der Waals surface area contributed by atoms with Crippen molar-refractivity contribution in [3.05, 3.63) is 108 Å². The van der Waals surface area contributed by atoms with Gasteiger partial charge in [-0.2, -0.15) is 0 Å². The van der Waals surface area contributed by atoms with Gasteiger partial charge in [0.2, 0.25) is 5.91 Å². The SMILES string of the molecule is O=C(NCc1ccc(F)cc1)C(Sc1ccc2ccccc2n1)c1ccccc1. The molecule has 3 aromatic carbocycles. The number of halogens is 1. The number of pyridine rings is 1. The third-order valence-electron chi connectivity index (χ3n) is 4.53. The van der Waals surface area contributed by atoms with Crippen molar-refractivity contribution in [2.45, 2.75) is 16.8 Å². The van der Waals surface area contributed by atoms with Crippen molar-refractivity contribution >= 4 is 28.6 Å². The number of thioether (sulfide) groups is 1. The Labute approximate surface area is 173 Å². The Balaban J connectivity index is 1.55. The summed E-state index contributed by atoms with van der Waals surface area (Å²) in [5.74, 6) is -0.402. The van der Waals surface area contributed by atoms with Gasteiger partial charge >= 0.3 is 0 Å². The van der Waals surface area contributed by atoms with Crippen molar-refractivity contribution in [3.8, 4) is 0 Å². The molecule has 4 aromatic rings. The highest BCUT2D eigenvalue weighted by Crippen LogP contribution is 2.35. The van der Waals surface area contributed by atoms with Gasteiger partial charge in [0.15, 0.2) is 0 Å². The predicted octanol–water partition coefficient (Wildman–Crippen LogP) is 5.52. The number of rotatable bonds is 6. The third-order valence-corrected chi connectivity index (χ3v) is 5.72. The number of carbonyl (C=O) groups excluding carboxylic acids is 1. The number of hydrogen-bond donors (Lipinski definition) is 1. The van der Waals surface area contributed by atoms with E-state index in [-0.39, 0.29) is 11.7 Å². The molecule has 0 spiro atoms. The van der Waals surface area contributed by atoms with Crippen LogP contribution in [0.1, 0.15) is 16.4 Å². The summed E-state index contributed by atoms with van der Waals surface area (Å²) in [6.45, 7) is 0.341.